The third-order valence-electron chi connectivity index (χ3n) is 3.72. The lowest BCUT2D eigenvalue weighted by atomic mass is 10.1. The number of esters is 1. The molecule has 3 rings (SSSR count). The number of benzene rings is 2. The predicted molar refractivity (Wildman–Crippen MR) is 97.8 cm³/mol. The molecular weight excluding hydrogens is 332 g/mol. The number of nitrogens with zero attached hydrogens (tertiary/aromatic N) is 3. The standard InChI is InChI=1S/C19H18N4O3/c1-13(15-7-9-16(10-8-15)26-14(2)24)21-22-19(25)11-23-12-20-17-5-3-4-6-18(17)23/h3-10,12H,11H2,1-2H3,(H,22,25)/b21-13-. The van der Waals surface area contributed by atoms with Crippen molar-refractivity contribution in [3.63, 3.8) is 0 Å². The minimum Gasteiger partial charge on any atom is -0.427 e. The SMILES string of the molecule is CC(=O)Oc1ccc(/C(C)=N\NC(=O)Cn2cnc3ccccc32)cc1. The number of hydrogen-bond donors (Lipinski definition) is 1. The zero-order valence-electron chi connectivity index (χ0n) is 14.5. The first-order valence-electron chi connectivity index (χ1n) is 8.05. The average Bonchev–Trinajstić information content (AvgIpc) is 3.03. The van der Waals surface area contributed by atoms with Gasteiger partial charge in [0.2, 0.25) is 0 Å². The van der Waals surface area contributed by atoms with Gasteiger partial charge in [-0.3, -0.25) is 9.59 Å². The summed E-state index contributed by atoms with van der Waals surface area (Å²) in [5.41, 5.74) is 5.74. The van der Waals surface area contributed by atoms with Crippen LogP contribution in [0.4, 0.5) is 0 Å². The maximum absolute atomic E-state index is 12.1. The smallest absolute Gasteiger partial charge is 0.308 e. The van der Waals surface area contributed by atoms with E-state index in [1.807, 2.05) is 24.3 Å². The summed E-state index contributed by atoms with van der Waals surface area (Å²) < 4.78 is 6.75. The molecule has 0 atom stereocenters. The van der Waals surface area contributed by atoms with Crippen LogP contribution in [-0.2, 0) is 16.1 Å². The highest BCUT2D eigenvalue weighted by Gasteiger charge is 2.07. The van der Waals surface area contributed by atoms with Gasteiger partial charge in [-0.1, -0.05) is 12.1 Å². The first-order chi connectivity index (χ1) is 12.5. The molecule has 0 spiro atoms. The monoisotopic (exact) mass is 350 g/mol. The van der Waals surface area contributed by atoms with Crippen LogP contribution in [0.25, 0.3) is 11.0 Å². The molecule has 132 valence electrons. The van der Waals surface area contributed by atoms with Crippen molar-refractivity contribution in [3.05, 3.63) is 60.4 Å². The lowest BCUT2D eigenvalue weighted by molar-refractivity contribution is -0.131. The number of imidazole rings is 1. The number of fused-ring (bicyclic) bond motifs is 1. The minimum atomic E-state index is -0.373. The maximum Gasteiger partial charge on any atom is 0.308 e. The molecule has 26 heavy (non-hydrogen) atoms. The predicted octanol–water partition coefficient (Wildman–Crippen LogP) is 2.50. The zero-order valence-corrected chi connectivity index (χ0v) is 14.5. The number of ether oxygens (including phenoxy) is 1. The fourth-order valence-corrected chi connectivity index (χ4v) is 2.47. The number of amides is 1. The molecule has 0 aliphatic rings. The highest BCUT2D eigenvalue weighted by atomic mass is 16.5. The molecule has 0 aliphatic heterocycles. The van der Waals surface area contributed by atoms with E-state index in [-0.39, 0.29) is 18.4 Å². The second-order valence-corrected chi connectivity index (χ2v) is 5.71. The van der Waals surface area contributed by atoms with E-state index in [2.05, 4.69) is 15.5 Å². The molecule has 0 saturated carbocycles. The highest BCUT2D eigenvalue weighted by Crippen LogP contribution is 2.13. The van der Waals surface area contributed by atoms with E-state index in [9.17, 15) is 9.59 Å². The van der Waals surface area contributed by atoms with Gasteiger partial charge in [0, 0.05) is 6.92 Å². The van der Waals surface area contributed by atoms with Gasteiger partial charge in [-0.15, -0.1) is 0 Å². The molecule has 1 amide bonds. The van der Waals surface area contributed by atoms with Gasteiger partial charge in [0.25, 0.3) is 5.91 Å². The fourth-order valence-electron chi connectivity index (χ4n) is 2.47. The van der Waals surface area contributed by atoms with Gasteiger partial charge in [0.05, 0.1) is 23.1 Å². The molecule has 3 aromatic rings. The number of aromatic nitrogens is 2. The van der Waals surface area contributed by atoms with Crippen LogP contribution in [0.15, 0.2) is 60.0 Å². The number of para-hydroxylation sites is 2. The summed E-state index contributed by atoms with van der Waals surface area (Å²) in [7, 11) is 0. The number of carbonyl (C=O) groups is 2. The van der Waals surface area contributed by atoms with E-state index in [1.165, 1.54) is 6.92 Å². The summed E-state index contributed by atoms with van der Waals surface area (Å²) in [5, 5.41) is 4.12. The molecule has 0 unspecified atom stereocenters. The average molecular weight is 350 g/mol. The van der Waals surface area contributed by atoms with Crippen molar-refractivity contribution in [2.75, 3.05) is 0 Å². The van der Waals surface area contributed by atoms with Crippen LogP contribution in [0.3, 0.4) is 0 Å². The van der Waals surface area contributed by atoms with E-state index >= 15 is 0 Å². The normalized spacial score (nSPS) is 11.4. The Kier molecular flexibility index (Phi) is 5.07. The molecule has 1 heterocycles. The van der Waals surface area contributed by atoms with Crippen LogP contribution in [0, 0.1) is 0 Å². The van der Waals surface area contributed by atoms with Crippen molar-refractivity contribution in [2.45, 2.75) is 20.4 Å². The van der Waals surface area contributed by atoms with Crippen molar-refractivity contribution in [3.8, 4) is 5.75 Å². The number of hydrazone groups is 1. The van der Waals surface area contributed by atoms with Crippen LogP contribution in [0.1, 0.15) is 19.4 Å². The second-order valence-electron chi connectivity index (χ2n) is 5.71. The highest BCUT2D eigenvalue weighted by molar-refractivity contribution is 5.99. The van der Waals surface area contributed by atoms with Crippen LogP contribution in [-0.4, -0.2) is 27.1 Å². The zero-order chi connectivity index (χ0) is 18.5. The molecule has 0 bridgehead atoms. The van der Waals surface area contributed by atoms with Crippen molar-refractivity contribution in [1.29, 1.82) is 0 Å². The second kappa shape index (κ2) is 7.60. The Hall–Kier alpha value is -3.48. The minimum absolute atomic E-state index is 0.128. The van der Waals surface area contributed by atoms with E-state index in [0.717, 1.165) is 16.6 Å². The van der Waals surface area contributed by atoms with Crippen molar-refractivity contribution in [1.82, 2.24) is 15.0 Å². The summed E-state index contributed by atoms with van der Waals surface area (Å²) in [6.45, 7) is 3.26. The Balaban J connectivity index is 1.63. The number of rotatable bonds is 5. The summed E-state index contributed by atoms with van der Waals surface area (Å²) in [5.74, 6) is -0.156. The lowest BCUT2D eigenvalue weighted by Crippen LogP contribution is -2.24. The largest absolute Gasteiger partial charge is 0.427 e. The molecule has 0 radical (unpaired) electrons. The fraction of sp³-hybridized carbons (Fsp3) is 0.158. The quantitative estimate of drug-likeness (QED) is 0.332. The van der Waals surface area contributed by atoms with Crippen molar-refractivity contribution >= 4 is 28.6 Å². The lowest BCUT2D eigenvalue weighted by Gasteiger charge is -2.06. The van der Waals surface area contributed by atoms with E-state index in [0.29, 0.717) is 11.5 Å². The Morgan fingerprint density at radius 3 is 2.58 bits per heavy atom. The molecule has 0 aliphatic carbocycles. The Bertz CT molecular complexity index is 974. The topological polar surface area (TPSA) is 85.6 Å². The Labute approximate surface area is 150 Å². The van der Waals surface area contributed by atoms with Crippen LogP contribution in [0.2, 0.25) is 0 Å². The van der Waals surface area contributed by atoms with Crippen LogP contribution in [0.5, 0.6) is 5.75 Å². The van der Waals surface area contributed by atoms with E-state index in [4.69, 9.17) is 4.74 Å². The maximum atomic E-state index is 12.1. The molecule has 0 saturated heterocycles. The molecular formula is C19H18N4O3. The number of carbonyl (C=O) groups excluding carboxylic acids is 2. The third kappa shape index (κ3) is 4.13. The van der Waals surface area contributed by atoms with Crippen LogP contribution < -0.4 is 10.2 Å². The van der Waals surface area contributed by atoms with Gasteiger partial charge in [-0.2, -0.15) is 5.10 Å². The van der Waals surface area contributed by atoms with Gasteiger partial charge in [0.15, 0.2) is 0 Å². The molecule has 7 nitrogen and oxygen atoms in total. The Morgan fingerprint density at radius 1 is 1.12 bits per heavy atom. The van der Waals surface area contributed by atoms with Crippen LogP contribution >= 0.6 is 0 Å². The summed E-state index contributed by atoms with van der Waals surface area (Å²) in [6.07, 6.45) is 1.63. The molecule has 2 aromatic carbocycles. The van der Waals surface area contributed by atoms with Crippen molar-refractivity contribution in [2.24, 2.45) is 5.10 Å². The number of hydrogen-bond acceptors (Lipinski definition) is 5. The first kappa shape index (κ1) is 17.3. The molecule has 0 fully saturated rings. The van der Waals surface area contributed by atoms with Gasteiger partial charge in [-0.05, 0) is 48.9 Å². The third-order valence-corrected chi connectivity index (χ3v) is 3.72. The number of nitrogens with one attached hydrogen (secondary N) is 1. The van der Waals surface area contributed by atoms with E-state index < -0.39 is 0 Å². The van der Waals surface area contributed by atoms with Gasteiger partial charge in [-0.25, -0.2) is 10.4 Å². The first-order valence-corrected chi connectivity index (χ1v) is 8.05. The van der Waals surface area contributed by atoms with Gasteiger partial charge in [0.1, 0.15) is 12.3 Å². The summed E-state index contributed by atoms with van der Waals surface area (Å²) in [4.78, 5) is 27.3. The van der Waals surface area contributed by atoms with Gasteiger partial charge >= 0.3 is 5.97 Å². The van der Waals surface area contributed by atoms with E-state index in [1.54, 1.807) is 42.1 Å². The Morgan fingerprint density at radius 2 is 1.85 bits per heavy atom. The van der Waals surface area contributed by atoms with Gasteiger partial charge < -0.3 is 9.30 Å². The molecule has 7 heteroatoms. The summed E-state index contributed by atoms with van der Waals surface area (Å²) in [6, 6.07) is 14.5. The van der Waals surface area contributed by atoms with Crippen molar-refractivity contribution < 1.29 is 14.3 Å². The molecule has 1 N–H and O–H groups in total. The molecule has 1 aromatic heterocycles. The summed E-state index contributed by atoms with van der Waals surface area (Å²) >= 11 is 0.